The summed E-state index contributed by atoms with van der Waals surface area (Å²) in [5.41, 5.74) is 0.681. The number of hydrogen-bond acceptors (Lipinski definition) is 7. The lowest BCUT2D eigenvalue weighted by molar-refractivity contribution is 0.0695. The predicted octanol–water partition coefficient (Wildman–Crippen LogP) is 3.67. The molecule has 2 aromatic rings. The Labute approximate surface area is 164 Å². The molecule has 0 unspecified atom stereocenters. The van der Waals surface area contributed by atoms with Crippen molar-refractivity contribution in [2.45, 2.75) is 52.4 Å². The van der Waals surface area contributed by atoms with E-state index in [4.69, 9.17) is 14.4 Å². The molecule has 0 aliphatic carbocycles. The molecule has 0 radical (unpaired) electrons. The van der Waals surface area contributed by atoms with Crippen molar-refractivity contribution in [1.82, 2.24) is 15.1 Å². The smallest absolute Gasteiger partial charge is 0.337 e. The van der Waals surface area contributed by atoms with Gasteiger partial charge < -0.3 is 19.3 Å². The summed E-state index contributed by atoms with van der Waals surface area (Å²) in [6.45, 7) is 8.24. The summed E-state index contributed by atoms with van der Waals surface area (Å²) in [4.78, 5) is 21.9. The highest BCUT2D eigenvalue weighted by atomic mass is 16.5. The lowest BCUT2D eigenvalue weighted by atomic mass is 9.92. The predicted molar refractivity (Wildman–Crippen MR) is 104 cm³/mol. The summed E-state index contributed by atoms with van der Waals surface area (Å²) in [6.07, 6.45) is 4.27. The molecule has 0 aromatic carbocycles. The SMILES string of the molecule is Cc1nc(OCCCC2CCN(c3noc(C(C)C)n3)CC2)ccc1C(=O)O. The van der Waals surface area contributed by atoms with Gasteiger partial charge in [-0.2, -0.15) is 4.98 Å². The minimum Gasteiger partial charge on any atom is -0.478 e. The maximum absolute atomic E-state index is 11.0. The summed E-state index contributed by atoms with van der Waals surface area (Å²) in [6, 6.07) is 3.16. The van der Waals surface area contributed by atoms with Gasteiger partial charge in [0.2, 0.25) is 11.8 Å². The van der Waals surface area contributed by atoms with Crippen molar-refractivity contribution in [3.8, 4) is 5.88 Å². The Hall–Kier alpha value is -2.64. The molecule has 0 bridgehead atoms. The first-order valence-electron chi connectivity index (χ1n) is 9.86. The third kappa shape index (κ3) is 4.99. The molecule has 0 atom stereocenters. The van der Waals surface area contributed by atoms with Crippen LogP contribution in [0.15, 0.2) is 16.7 Å². The lowest BCUT2D eigenvalue weighted by Gasteiger charge is -2.30. The molecule has 8 heteroatoms. The van der Waals surface area contributed by atoms with E-state index >= 15 is 0 Å². The number of carboxylic acids is 1. The summed E-state index contributed by atoms with van der Waals surface area (Å²) in [7, 11) is 0. The first-order valence-corrected chi connectivity index (χ1v) is 9.86. The van der Waals surface area contributed by atoms with Gasteiger partial charge in [-0.25, -0.2) is 9.78 Å². The third-order valence-electron chi connectivity index (χ3n) is 5.12. The maximum Gasteiger partial charge on any atom is 0.337 e. The van der Waals surface area contributed by atoms with E-state index in [1.54, 1.807) is 19.1 Å². The van der Waals surface area contributed by atoms with Crippen LogP contribution in [0, 0.1) is 12.8 Å². The van der Waals surface area contributed by atoms with Crippen molar-refractivity contribution < 1.29 is 19.2 Å². The van der Waals surface area contributed by atoms with Crippen molar-refractivity contribution in [2.24, 2.45) is 5.92 Å². The third-order valence-corrected chi connectivity index (χ3v) is 5.12. The number of aromatic carboxylic acids is 1. The molecule has 1 N–H and O–H groups in total. The molecule has 3 heterocycles. The molecule has 8 nitrogen and oxygen atoms in total. The molecule has 0 amide bonds. The van der Waals surface area contributed by atoms with E-state index in [-0.39, 0.29) is 11.5 Å². The number of anilines is 1. The number of ether oxygens (including phenoxy) is 1. The van der Waals surface area contributed by atoms with Crippen LogP contribution in [0.1, 0.15) is 67.4 Å². The van der Waals surface area contributed by atoms with E-state index in [1.807, 2.05) is 13.8 Å². The Kier molecular flexibility index (Phi) is 6.49. The lowest BCUT2D eigenvalue weighted by Crippen LogP contribution is -2.34. The van der Waals surface area contributed by atoms with E-state index < -0.39 is 5.97 Å². The topological polar surface area (TPSA) is 102 Å². The molecule has 152 valence electrons. The summed E-state index contributed by atoms with van der Waals surface area (Å²) < 4.78 is 11.0. The van der Waals surface area contributed by atoms with Crippen LogP contribution in [-0.4, -0.2) is 45.9 Å². The fourth-order valence-corrected chi connectivity index (χ4v) is 3.40. The van der Waals surface area contributed by atoms with Crippen LogP contribution in [0.3, 0.4) is 0 Å². The Morgan fingerprint density at radius 1 is 1.32 bits per heavy atom. The first-order chi connectivity index (χ1) is 13.4. The highest BCUT2D eigenvalue weighted by molar-refractivity contribution is 5.88. The summed E-state index contributed by atoms with van der Waals surface area (Å²) >= 11 is 0. The van der Waals surface area contributed by atoms with E-state index in [0.29, 0.717) is 35.9 Å². The zero-order valence-electron chi connectivity index (χ0n) is 16.7. The summed E-state index contributed by atoms with van der Waals surface area (Å²) in [5.74, 6) is 1.82. The van der Waals surface area contributed by atoms with E-state index in [2.05, 4.69) is 20.0 Å². The molecular formula is C20H28N4O4. The van der Waals surface area contributed by atoms with Crippen molar-refractivity contribution in [3.05, 3.63) is 29.3 Å². The second-order valence-corrected chi connectivity index (χ2v) is 7.60. The van der Waals surface area contributed by atoms with Gasteiger partial charge >= 0.3 is 5.97 Å². The zero-order valence-corrected chi connectivity index (χ0v) is 16.7. The van der Waals surface area contributed by atoms with Gasteiger partial charge in [-0.1, -0.05) is 13.8 Å². The number of aromatic nitrogens is 3. The number of rotatable bonds is 8. The van der Waals surface area contributed by atoms with Crippen LogP contribution >= 0.6 is 0 Å². The Bertz CT molecular complexity index is 797. The number of pyridine rings is 1. The molecule has 1 aliphatic heterocycles. The number of piperidine rings is 1. The second kappa shape index (κ2) is 9.03. The van der Waals surface area contributed by atoms with E-state index in [0.717, 1.165) is 38.8 Å². The van der Waals surface area contributed by atoms with Gasteiger partial charge in [0.05, 0.1) is 17.9 Å². The molecule has 0 spiro atoms. The van der Waals surface area contributed by atoms with Gasteiger partial charge in [0.15, 0.2) is 0 Å². The van der Waals surface area contributed by atoms with Crippen molar-refractivity contribution >= 4 is 11.9 Å². The minimum atomic E-state index is -0.968. The van der Waals surface area contributed by atoms with Gasteiger partial charge in [-0.3, -0.25) is 0 Å². The van der Waals surface area contributed by atoms with Gasteiger partial charge in [-0.05, 0) is 49.7 Å². The standard InChI is InChI=1S/C20H28N4O4/c1-13(2)18-22-20(23-28-18)24-10-8-15(9-11-24)5-4-12-27-17-7-6-16(19(25)26)14(3)21-17/h6-7,13,15H,4-5,8-12H2,1-3H3,(H,25,26). The van der Waals surface area contributed by atoms with Crippen molar-refractivity contribution in [3.63, 3.8) is 0 Å². The van der Waals surface area contributed by atoms with E-state index in [9.17, 15) is 4.79 Å². The largest absolute Gasteiger partial charge is 0.478 e. The second-order valence-electron chi connectivity index (χ2n) is 7.60. The van der Waals surface area contributed by atoms with Crippen molar-refractivity contribution in [2.75, 3.05) is 24.6 Å². The molecule has 2 aromatic heterocycles. The average Bonchev–Trinajstić information content (AvgIpc) is 3.16. The van der Waals surface area contributed by atoms with Gasteiger partial charge in [0.1, 0.15) is 0 Å². The van der Waals surface area contributed by atoms with Crippen LogP contribution in [0.25, 0.3) is 0 Å². The van der Waals surface area contributed by atoms with Crippen LogP contribution in [-0.2, 0) is 0 Å². The average molecular weight is 388 g/mol. The highest BCUT2D eigenvalue weighted by Gasteiger charge is 2.23. The zero-order chi connectivity index (χ0) is 20.1. The molecule has 1 saturated heterocycles. The molecule has 1 aliphatic rings. The summed E-state index contributed by atoms with van der Waals surface area (Å²) in [5, 5.41) is 13.1. The molecule has 1 fully saturated rings. The first kappa shape index (κ1) is 20.1. The Morgan fingerprint density at radius 3 is 2.68 bits per heavy atom. The number of carbonyl (C=O) groups is 1. The van der Waals surface area contributed by atoms with E-state index in [1.165, 1.54) is 0 Å². The normalized spacial score (nSPS) is 15.2. The highest BCUT2D eigenvalue weighted by Crippen LogP contribution is 2.25. The van der Waals surface area contributed by atoms with Crippen LogP contribution in [0.5, 0.6) is 5.88 Å². The number of carboxylic acid groups (broad SMARTS) is 1. The van der Waals surface area contributed by atoms with Gasteiger partial charge in [0.25, 0.3) is 5.95 Å². The molecule has 0 saturated carbocycles. The number of nitrogens with zero attached hydrogens (tertiary/aromatic N) is 4. The molecule has 3 rings (SSSR count). The van der Waals surface area contributed by atoms with Crippen molar-refractivity contribution in [1.29, 1.82) is 0 Å². The fraction of sp³-hybridized carbons (Fsp3) is 0.600. The number of aryl methyl sites for hydroxylation is 1. The fourth-order valence-electron chi connectivity index (χ4n) is 3.40. The van der Waals surface area contributed by atoms with Crippen LogP contribution < -0.4 is 9.64 Å². The van der Waals surface area contributed by atoms with Gasteiger partial charge in [-0.15, -0.1) is 0 Å². The Morgan fingerprint density at radius 2 is 2.07 bits per heavy atom. The quantitative estimate of drug-likeness (QED) is 0.684. The van der Waals surface area contributed by atoms with Crippen LogP contribution in [0.2, 0.25) is 0 Å². The number of hydrogen-bond donors (Lipinski definition) is 1. The molecule has 28 heavy (non-hydrogen) atoms. The monoisotopic (exact) mass is 388 g/mol. The minimum absolute atomic E-state index is 0.209. The van der Waals surface area contributed by atoms with Gasteiger partial charge in [0, 0.05) is 25.1 Å². The Balaban J connectivity index is 1.37. The maximum atomic E-state index is 11.0. The molecular weight excluding hydrogens is 360 g/mol. The van der Waals surface area contributed by atoms with Crippen LogP contribution in [0.4, 0.5) is 5.95 Å².